The average Bonchev–Trinajstić information content (AvgIpc) is 2.84. The van der Waals surface area contributed by atoms with Gasteiger partial charge in [0.05, 0.1) is 11.4 Å². The summed E-state index contributed by atoms with van der Waals surface area (Å²) in [5, 5.41) is 7.80. The SMILES string of the molecule is Cc1nc(CN(C)Cc2n[nH]c3c2CCCCC3)cn1C. The molecule has 0 aromatic carbocycles. The number of rotatable bonds is 4. The van der Waals surface area contributed by atoms with E-state index in [9.17, 15) is 0 Å². The van der Waals surface area contributed by atoms with Crippen molar-refractivity contribution in [2.45, 2.75) is 52.1 Å². The lowest BCUT2D eigenvalue weighted by Gasteiger charge is -2.14. The lowest BCUT2D eigenvalue weighted by atomic mass is 10.1. The highest BCUT2D eigenvalue weighted by atomic mass is 15.2. The molecule has 5 heteroatoms. The van der Waals surface area contributed by atoms with Crippen molar-refractivity contribution in [3.8, 4) is 0 Å². The predicted molar refractivity (Wildman–Crippen MR) is 83.0 cm³/mol. The molecule has 0 fully saturated rings. The molecule has 21 heavy (non-hydrogen) atoms. The molecule has 114 valence electrons. The fraction of sp³-hybridized carbons (Fsp3) is 0.625. The maximum absolute atomic E-state index is 4.58. The molecule has 0 bridgehead atoms. The minimum Gasteiger partial charge on any atom is -0.338 e. The van der Waals surface area contributed by atoms with E-state index in [-0.39, 0.29) is 0 Å². The van der Waals surface area contributed by atoms with Gasteiger partial charge in [0, 0.05) is 32.0 Å². The van der Waals surface area contributed by atoms with Crippen LogP contribution >= 0.6 is 0 Å². The molecule has 0 saturated heterocycles. The topological polar surface area (TPSA) is 49.7 Å². The Kier molecular flexibility index (Phi) is 4.10. The summed E-state index contributed by atoms with van der Waals surface area (Å²) in [5.41, 5.74) is 5.18. The second kappa shape index (κ2) is 6.02. The third kappa shape index (κ3) is 3.18. The molecular weight excluding hydrogens is 262 g/mol. The molecule has 1 aliphatic rings. The summed E-state index contributed by atoms with van der Waals surface area (Å²) in [6.07, 6.45) is 8.37. The Morgan fingerprint density at radius 1 is 1.24 bits per heavy atom. The molecule has 0 amide bonds. The van der Waals surface area contributed by atoms with E-state index in [1.807, 2.05) is 14.0 Å². The molecule has 2 aromatic rings. The van der Waals surface area contributed by atoms with Crippen LogP contribution in [0.2, 0.25) is 0 Å². The second-order valence-corrected chi connectivity index (χ2v) is 6.25. The largest absolute Gasteiger partial charge is 0.338 e. The third-order valence-corrected chi connectivity index (χ3v) is 4.40. The zero-order valence-electron chi connectivity index (χ0n) is 13.3. The number of nitrogens with zero attached hydrogens (tertiary/aromatic N) is 4. The summed E-state index contributed by atoms with van der Waals surface area (Å²) in [5.74, 6) is 1.06. The maximum Gasteiger partial charge on any atom is 0.105 e. The van der Waals surface area contributed by atoms with Gasteiger partial charge in [-0.15, -0.1) is 0 Å². The van der Waals surface area contributed by atoms with Gasteiger partial charge in [-0.2, -0.15) is 5.10 Å². The Labute approximate surface area is 126 Å². The van der Waals surface area contributed by atoms with Crippen molar-refractivity contribution in [3.63, 3.8) is 0 Å². The first-order valence-electron chi connectivity index (χ1n) is 7.86. The highest BCUT2D eigenvalue weighted by Crippen LogP contribution is 2.22. The van der Waals surface area contributed by atoms with Crippen molar-refractivity contribution < 1.29 is 0 Å². The number of aryl methyl sites for hydroxylation is 3. The molecule has 5 nitrogen and oxygen atoms in total. The van der Waals surface area contributed by atoms with Gasteiger partial charge in [-0.1, -0.05) is 6.42 Å². The van der Waals surface area contributed by atoms with Crippen LogP contribution in [0.5, 0.6) is 0 Å². The smallest absolute Gasteiger partial charge is 0.105 e. The van der Waals surface area contributed by atoms with Gasteiger partial charge in [0.2, 0.25) is 0 Å². The summed E-state index contributed by atoms with van der Waals surface area (Å²) in [4.78, 5) is 6.87. The van der Waals surface area contributed by atoms with E-state index in [0.29, 0.717) is 0 Å². The van der Waals surface area contributed by atoms with Gasteiger partial charge in [0.25, 0.3) is 0 Å². The van der Waals surface area contributed by atoms with Gasteiger partial charge in [-0.3, -0.25) is 10.00 Å². The van der Waals surface area contributed by atoms with Crippen molar-refractivity contribution in [2.75, 3.05) is 7.05 Å². The van der Waals surface area contributed by atoms with Gasteiger partial charge in [-0.05, 0) is 45.2 Å². The molecular formula is C16H25N5. The first-order chi connectivity index (χ1) is 10.1. The van der Waals surface area contributed by atoms with Gasteiger partial charge in [-0.25, -0.2) is 4.98 Å². The molecule has 2 heterocycles. The van der Waals surface area contributed by atoms with Gasteiger partial charge >= 0.3 is 0 Å². The zero-order valence-corrected chi connectivity index (χ0v) is 13.3. The Hall–Kier alpha value is -1.62. The van der Waals surface area contributed by atoms with Gasteiger partial charge < -0.3 is 4.57 Å². The first-order valence-corrected chi connectivity index (χ1v) is 7.86. The number of aromatic amines is 1. The van der Waals surface area contributed by atoms with E-state index in [1.54, 1.807) is 0 Å². The Morgan fingerprint density at radius 2 is 2.05 bits per heavy atom. The zero-order chi connectivity index (χ0) is 14.8. The molecule has 1 N–H and O–H groups in total. The molecule has 0 saturated carbocycles. The fourth-order valence-electron chi connectivity index (χ4n) is 3.15. The van der Waals surface area contributed by atoms with Crippen molar-refractivity contribution in [3.05, 3.63) is 34.7 Å². The van der Waals surface area contributed by atoms with Gasteiger partial charge in [0.1, 0.15) is 5.82 Å². The number of nitrogens with one attached hydrogen (secondary N) is 1. The Balaban J connectivity index is 1.67. The van der Waals surface area contributed by atoms with E-state index < -0.39 is 0 Å². The monoisotopic (exact) mass is 287 g/mol. The number of aromatic nitrogens is 4. The average molecular weight is 287 g/mol. The van der Waals surface area contributed by atoms with Crippen LogP contribution in [-0.4, -0.2) is 31.7 Å². The van der Waals surface area contributed by atoms with Crippen LogP contribution in [-0.2, 0) is 33.0 Å². The van der Waals surface area contributed by atoms with Crippen LogP contribution in [0.15, 0.2) is 6.20 Å². The molecule has 2 aromatic heterocycles. The molecule has 0 aliphatic heterocycles. The van der Waals surface area contributed by atoms with Crippen LogP contribution < -0.4 is 0 Å². The minimum atomic E-state index is 0.864. The summed E-state index contributed by atoms with van der Waals surface area (Å²) in [6, 6.07) is 0. The Bertz CT molecular complexity index is 591. The maximum atomic E-state index is 4.58. The molecule has 0 unspecified atom stereocenters. The van der Waals surface area contributed by atoms with E-state index >= 15 is 0 Å². The van der Waals surface area contributed by atoms with E-state index in [2.05, 4.69) is 37.9 Å². The Morgan fingerprint density at radius 3 is 2.81 bits per heavy atom. The standard InChI is InChI=1S/C16H25N5/c1-12-17-13(10-21(12)3)9-20(2)11-16-14-7-5-4-6-8-15(14)18-19-16/h10H,4-9,11H2,1-3H3,(H,18,19). The van der Waals surface area contributed by atoms with E-state index in [0.717, 1.165) is 31.0 Å². The number of hydrogen-bond acceptors (Lipinski definition) is 3. The van der Waals surface area contributed by atoms with Crippen molar-refractivity contribution >= 4 is 0 Å². The van der Waals surface area contributed by atoms with E-state index in [1.165, 1.54) is 42.6 Å². The summed E-state index contributed by atoms with van der Waals surface area (Å²) >= 11 is 0. The van der Waals surface area contributed by atoms with Crippen molar-refractivity contribution in [1.82, 2.24) is 24.6 Å². The van der Waals surface area contributed by atoms with Gasteiger partial charge in [0.15, 0.2) is 0 Å². The van der Waals surface area contributed by atoms with E-state index in [4.69, 9.17) is 0 Å². The summed E-state index contributed by atoms with van der Waals surface area (Å²) in [7, 11) is 4.18. The molecule has 3 rings (SSSR count). The number of hydrogen-bond donors (Lipinski definition) is 1. The van der Waals surface area contributed by atoms with Crippen molar-refractivity contribution in [2.24, 2.45) is 7.05 Å². The summed E-state index contributed by atoms with van der Waals surface area (Å²) < 4.78 is 2.07. The number of H-pyrrole nitrogens is 1. The van der Waals surface area contributed by atoms with Crippen molar-refractivity contribution in [1.29, 1.82) is 0 Å². The molecule has 0 radical (unpaired) electrons. The summed E-state index contributed by atoms with van der Waals surface area (Å²) in [6.45, 7) is 3.79. The molecule has 1 aliphatic carbocycles. The fourth-order valence-corrected chi connectivity index (χ4v) is 3.15. The number of fused-ring (bicyclic) bond motifs is 1. The second-order valence-electron chi connectivity index (χ2n) is 6.25. The first kappa shape index (κ1) is 14.3. The predicted octanol–water partition coefficient (Wildman–Crippen LogP) is 2.35. The lowest BCUT2D eigenvalue weighted by Crippen LogP contribution is -2.18. The molecule has 0 atom stereocenters. The molecule has 0 spiro atoms. The minimum absolute atomic E-state index is 0.864. The third-order valence-electron chi connectivity index (χ3n) is 4.40. The quantitative estimate of drug-likeness (QED) is 0.878. The normalized spacial score (nSPS) is 15.2. The highest BCUT2D eigenvalue weighted by Gasteiger charge is 2.17. The van der Waals surface area contributed by atoms with Crippen LogP contribution in [0.1, 0.15) is 47.7 Å². The highest BCUT2D eigenvalue weighted by molar-refractivity contribution is 5.26. The van der Waals surface area contributed by atoms with Crippen LogP contribution in [0, 0.1) is 6.92 Å². The van der Waals surface area contributed by atoms with Crippen LogP contribution in [0.3, 0.4) is 0 Å². The van der Waals surface area contributed by atoms with Crippen LogP contribution in [0.4, 0.5) is 0 Å². The van der Waals surface area contributed by atoms with Crippen LogP contribution in [0.25, 0.3) is 0 Å². The number of imidazole rings is 1. The lowest BCUT2D eigenvalue weighted by molar-refractivity contribution is 0.310.